The van der Waals surface area contributed by atoms with E-state index in [4.69, 9.17) is 9.97 Å². The first kappa shape index (κ1) is 29.2. The third kappa shape index (κ3) is 5.65. The lowest BCUT2D eigenvalue weighted by Crippen LogP contribution is -1.94. The molecule has 6 heterocycles. The maximum absolute atomic E-state index is 4.95. The van der Waals surface area contributed by atoms with Crippen LogP contribution in [-0.4, -0.2) is 29.9 Å². The number of pyridine rings is 6. The summed E-state index contributed by atoms with van der Waals surface area (Å²) in [6.07, 6.45) is 7.18. The molecular formula is C44H28N6. The van der Waals surface area contributed by atoms with Gasteiger partial charge in [0.2, 0.25) is 0 Å². The van der Waals surface area contributed by atoms with Gasteiger partial charge in [0.25, 0.3) is 0 Å². The Morgan fingerprint density at radius 3 is 0.900 bits per heavy atom. The molecule has 50 heavy (non-hydrogen) atoms. The highest BCUT2D eigenvalue weighted by Crippen LogP contribution is 2.36. The van der Waals surface area contributed by atoms with Gasteiger partial charge in [0.05, 0.1) is 45.6 Å². The van der Waals surface area contributed by atoms with Gasteiger partial charge in [-0.2, -0.15) is 0 Å². The Morgan fingerprint density at radius 2 is 0.600 bits per heavy atom. The van der Waals surface area contributed by atoms with Crippen molar-refractivity contribution in [2.75, 3.05) is 0 Å². The highest BCUT2D eigenvalue weighted by Gasteiger charge is 2.14. The first-order valence-electron chi connectivity index (χ1n) is 16.4. The number of benzene rings is 3. The molecule has 3 aromatic carbocycles. The van der Waals surface area contributed by atoms with E-state index in [9.17, 15) is 0 Å². The molecular weight excluding hydrogens is 613 g/mol. The van der Waals surface area contributed by atoms with E-state index in [1.807, 2.05) is 72.8 Å². The van der Waals surface area contributed by atoms with Crippen molar-refractivity contribution in [1.29, 1.82) is 0 Å². The standard InChI is InChI=1S/C44H28N6/c1-5-19-45-37(9-1)41-25-33(26-42(49-41)38-10-2-6-20-46-38)29-15-17-35-31(23-29)13-14-32-24-30(16-18-36(32)35)34-27-43(39-11-3-7-21-47-39)50-44(28-34)40-12-4-8-22-48-40/h1-28H. The minimum Gasteiger partial charge on any atom is -0.255 e. The molecule has 6 heteroatoms. The average Bonchev–Trinajstić information content (AvgIpc) is 3.21. The second kappa shape index (κ2) is 12.6. The molecule has 234 valence electrons. The summed E-state index contributed by atoms with van der Waals surface area (Å²) in [5.41, 5.74) is 10.8. The average molecular weight is 641 g/mol. The summed E-state index contributed by atoms with van der Waals surface area (Å²) >= 11 is 0. The highest BCUT2D eigenvalue weighted by molar-refractivity contribution is 6.09. The van der Waals surface area contributed by atoms with Gasteiger partial charge < -0.3 is 0 Å². The van der Waals surface area contributed by atoms with Crippen molar-refractivity contribution < 1.29 is 0 Å². The van der Waals surface area contributed by atoms with E-state index in [0.29, 0.717) is 0 Å². The Kier molecular flexibility index (Phi) is 7.37. The molecule has 0 saturated heterocycles. The number of hydrogen-bond donors (Lipinski definition) is 0. The second-order valence-electron chi connectivity index (χ2n) is 12.0. The van der Waals surface area contributed by atoms with Gasteiger partial charge in [-0.25, -0.2) is 9.97 Å². The van der Waals surface area contributed by atoms with Gasteiger partial charge in [-0.1, -0.05) is 60.7 Å². The molecule has 6 nitrogen and oxygen atoms in total. The van der Waals surface area contributed by atoms with Crippen molar-refractivity contribution in [2.24, 2.45) is 0 Å². The van der Waals surface area contributed by atoms with Crippen molar-refractivity contribution in [3.05, 3.63) is 170 Å². The highest BCUT2D eigenvalue weighted by atomic mass is 14.8. The summed E-state index contributed by atoms with van der Waals surface area (Å²) < 4.78 is 0. The number of fused-ring (bicyclic) bond motifs is 3. The van der Waals surface area contributed by atoms with Crippen LogP contribution in [0.3, 0.4) is 0 Å². The third-order valence-corrected chi connectivity index (χ3v) is 8.86. The van der Waals surface area contributed by atoms with Gasteiger partial charge in [0.1, 0.15) is 0 Å². The van der Waals surface area contributed by atoms with E-state index in [2.05, 4.69) is 92.7 Å². The SMILES string of the molecule is c1ccc(-c2cc(-c3ccc4c(ccc5cc(-c6cc(-c7ccccn7)nc(-c7ccccn7)c6)ccc54)c3)cc(-c3ccccn3)n2)nc1. The molecule has 6 aromatic heterocycles. The number of rotatable bonds is 6. The van der Waals surface area contributed by atoms with Gasteiger partial charge in [-0.3, -0.25) is 19.9 Å². The fourth-order valence-corrected chi connectivity index (χ4v) is 6.41. The fourth-order valence-electron chi connectivity index (χ4n) is 6.41. The fraction of sp³-hybridized carbons (Fsp3) is 0. The van der Waals surface area contributed by atoms with Crippen LogP contribution < -0.4 is 0 Å². The van der Waals surface area contributed by atoms with Crippen molar-refractivity contribution in [2.45, 2.75) is 0 Å². The smallest absolute Gasteiger partial charge is 0.0900 e. The predicted molar refractivity (Wildman–Crippen MR) is 201 cm³/mol. The minimum atomic E-state index is 0.809. The molecule has 0 unspecified atom stereocenters. The number of hydrogen-bond acceptors (Lipinski definition) is 6. The summed E-state index contributed by atoms with van der Waals surface area (Å²) in [7, 11) is 0. The normalized spacial score (nSPS) is 11.2. The van der Waals surface area contributed by atoms with Crippen LogP contribution in [0.2, 0.25) is 0 Å². The van der Waals surface area contributed by atoms with E-state index in [-0.39, 0.29) is 0 Å². The molecule has 0 bridgehead atoms. The predicted octanol–water partition coefficient (Wildman–Crippen LogP) is 10.4. The molecule has 0 aliphatic carbocycles. The molecule has 0 atom stereocenters. The summed E-state index contributed by atoms with van der Waals surface area (Å²) in [4.78, 5) is 28.2. The van der Waals surface area contributed by atoms with Crippen LogP contribution in [-0.2, 0) is 0 Å². The molecule has 0 fully saturated rings. The molecule has 0 aliphatic rings. The molecule has 9 rings (SSSR count). The van der Waals surface area contributed by atoms with Gasteiger partial charge >= 0.3 is 0 Å². The Bertz CT molecular complexity index is 2330. The molecule has 0 radical (unpaired) electrons. The Balaban J connectivity index is 1.13. The topological polar surface area (TPSA) is 77.3 Å². The maximum atomic E-state index is 4.95. The third-order valence-electron chi connectivity index (χ3n) is 8.86. The van der Waals surface area contributed by atoms with E-state index >= 15 is 0 Å². The zero-order chi connectivity index (χ0) is 33.3. The van der Waals surface area contributed by atoms with E-state index < -0.39 is 0 Å². The van der Waals surface area contributed by atoms with Crippen LogP contribution in [0.4, 0.5) is 0 Å². The zero-order valence-corrected chi connectivity index (χ0v) is 26.8. The van der Waals surface area contributed by atoms with Crippen molar-refractivity contribution in [3.63, 3.8) is 0 Å². The molecule has 0 N–H and O–H groups in total. The molecule has 9 aromatic rings. The lowest BCUT2D eigenvalue weighted by atomic mass is 9.94. The largest absolute Gasteiger partial charge is 0.255 e. The first-order valence-corrected chi connectivity index (χ1v) is 16.4. The van der Waals surface area contributed by atoms with Crippen LogP contribution in [0.15, 0.2) is 170 Å². The van der Waals surface area contributed by atoms with Crippen LogP contribution >= 0.6 is 0 Å². The van der Waals surface area contributed by atoms with Crippen molar-refractivity contribution in [3.8, 4) is 67.8 Å². The lowest BCUT2D eigenvalue weighted by molar-refractivity contribution is 1.22. The number of aromatic nitrogens is 6. The number of nitrogens with zero attached hydrogens (tertiary/aromatic N) is 6. The quantitative estimate of drug-likeness (QED) is 0.168. The Hall–Kier alpha value is -6.92. The van der Waals surface area contributed by atoms with Crippen LogP contribution in [0.25, 0.3) is 89.4 Å². The molecule has 0 saturated carbocycles. The van der Waals surface area contributed by atoms with Gasteiger partial charge in [-0.05, 0) is 129 Å². The maximum Gasteiger partial charge on any atom is 0.0900 e. The van der Waals surface area contributed by atoms with Crippen LogP contribution in [0.1, 0.15) is 0 Å². The summed E-state index contributed by atoms with van der Waals surface area (Å²) in [6.45, 7) is 0. The lowest BCUT2D eigenvalue weighted by Gasteiger charge is -2.12. The van der Waals surface area contributed by atoms with Crippen molar-refractivity contribution >= 4 is 21.5 Å². The second-order valence-corrected chi connectivity index (χ2v) is 12.0. The zero-order valence-electron chi connectivity index (χ0n) is 26.8. The van der Waals surface area contributed by atoms with Crippen LogP contribution in [0.5, 0.6) is 0 Å². The summed E-state index contributed by atoms with van der Waals surface area (Å²) in [5.74, 6) is 0. The summed E-state index contributed by atoms with van der Waals surface area (Å²) in [6, 6.07) is 49.7. The van der Waals surface area contributed by atoms with Gasteiger partial charge in [0.15, 0.2) is 0 Å². The first-order chi connectivity index (χ1) is 24.7. The van der Waals surface area contributed by atoms with E-state index in [1.54, 1.807) is 24.8 Å². The Labute approximate surface area is 288 Å². The Morgan fingerprint density at radius 1 is 0.260 bits per heavy atom. The van der Waals surface area contributed by atoms with Gasteiger partial charge in [-0.15, -0.1) is 0 Å². The summed E-state index contributed by atoms with van der Waals surface area (Å²) in [5, 5.41) is 4.72. The van der Waals surface area contributed by atoms with Crippen molar-refractivity contribution in [1.82, 2.24) is 29.9 Å². The van der Waals surface area contributed by atoms with Crippen LogP contribution in [0, 0.1) is 0 Å². The molecule has 0 amide bonds. The van der Waals surface area contributed by atoms with E-state index in [0.717, 1.165) is 78.6 Å². The molecule has 0 aliphatic heterocycles. The molecule has 0 spiro atoms. The van der Waals surface area contributed by atoms with Gasteiger partial charge in [0, 0.05) is 24.8 Å². The minimum absolute atomic E-state index is 0.809. The monoisotopic (exact) mass is 640 g/mol. The van der Waals surface area contributed by atoms with E-state index in [1.165, 1.54) is 10.8 Å².